The Kier molecular flexibility index (Phi) is 8.32. The van der Waals surface area contributed by atoms with Gasteiger partial charge >= 0.3 is 0 Å². The fourth-order valence-corrected chi connectivity index (χ4v) is 9.65. The Balaban J connectivity index is 0.912. The fraction of sp³-hybridized carbons (Fsp3) is 0.0566. The molecule has 0 unspecified atom stereocenters. The molecule has 9 aromatic rings. The van der Waals surface area contributed by atoms with Crippen molar-refractivity contribution in [2.75, 3.05) is 0 Å². The van der Waals surface area contributed by atoms with E-state index in [1.165, 1.54) is 70.2 Å². The third-order valence-corrected chi connectivity index (χ3v) is 12.7. The van der Waals surface area contributed by atoms with Gasteiger partial charge in [0.05, 0.1) is 0 Å². The number of rotatable bonds is 6. The Hall–Kier alpha value is -6.88. The van der Waals surface area contributed by atoms with Gasteiger partial charge in [-0.25, -0.2) is 4.99 Å². The van der Waals surface area contributed by atoms with Gasteiger partial charge in [0.25, 0.3) is 0 Å². The number of hydrogen-bond donors (Lipinski definition) is 2. The van der Waals surface area contributed by atoms with E-state index in [9.17, 15) is 0 Å². The SMILES string of the molecule is CC1(C)c2ccccc2-c2ccc(-c3cccc(C(=N)N=C(N)c4ccc(-c5cccc6sc7ccc(-c8ccc(-c9ccccc9)cc8)cc7c56)cc4)c3)cc21. The lowest BCUT2D eigenvalue weighted by Gasteiger charge is -2.22. The van der Waals surface area contributed by atoms with Gasteiger partial charge in [-0.2, -0.15) is 0 Å². The van der Waals surface area contributed by atoms with Crippen molar-refractivity contribution in [3.63, 3.8) is 0 Å². The number of thiophene rings is 1. The van der Waals surface area contributed by atoms with E-state index in [0.29, 0.717) is 5.84 Å². The summed E-state index contributed by atoms with van der Waals surface area (Å²) in [4.78, 5) is 4.59. The van der Waals surface area contributed by atoms with Crippen LogP contribution in [0.4, 0.5) is 0 Å². The molecule has 0 bridgehead atoms. The van der Waals surface area contributed by atoms with E-state index in [2.05, 4.69) is 170 Å². The van der Waals surface area contributed by atoms with Crippen LogP contribution in [0.3, 0.4) is 0 Å². The zero-order chi connectivity index (χ0) is 38.7. The number of nitrogens with zero attached hydrogens (tertiary/aromatic N) is 1. The van der Waals surface area contributed by atoms with Gasteiger partial charge in [0, 0.05) is 36.7 Å². The smallest absolute Gasteiger partial charge is 0.154 e. The van der Waals surface area contributed by atoms with Crippen LogP contribution in [0.2, 0.25) is 0 Å². The molecule has 3 N–H and O–H groups in total. The molecule has 0 saturated heterocycles. The summed E-state index contributed by atoms with van der Waals surface area (Å²) < 4.78 is 2.52. The van der Waals surface area contributed by atoms with E-state index in [1.54, 1.807) is 0 Å². The molecular weight excluding hydrogens is 711 g/mol. The molecule has 0 fully saturated rings. The van der Waals surface area contributed by atoms with Gasteiger partial charge in [-0.15, -0.1) is 11.3 Å². The minimum atomic E-state index is -0.0787. The highest BCUT2D eigenvalue weighted by atomic mass is 32.1. The Morgan fingerprint density at radius 2 is 1.05 bits per heavy atom. The van der Waals surface area contributed by atoms with E-state index >= 15 is 0 Å². The first kappa shape index (κ1) is 34.6. The first-order valence-corrected chi connectivity index (χ1v) is 20.1. The molecule has 4 heteroatoms. The summed E-state index contributed by atoms with van der Waals surface area (Å²) in [7, 11) is 0. The second kappa shape index (κ2) is 13.7. The molecule has 0 saturated carbocycles. The summed E-state index contributed by atoms with van der Waals surface area (Å²) in [6.07, 6.45) is 0. The topological polar surface area (TPSA) is 62.2 Å². The molecule has 272 valence electrons. The predicted molar refractivity (Wildman–Crippen MR) is 243 cm³/mol. The molecule has 8 aromatic carbocycles. The Labute approximate surface area is 337 Å². The van der Waals surface area contributed by atoms with Gasteiger partial charge in [-0.3, -0.25) is 5.41 Å². The standard InChI is InChI=1S/C53H39N3S/c1-53(2)46-16-7-6-14-43(46)44-28-26-40(32-47(44)53)38-12-8-13-41(30-38)52(55)56-51(54)37-24-22-36(23-25-37)42-15-9-17-49-50(42)45-31-39(27-29-48(45)57-49)35-20-18-34(19-21-35)33-10-4-3-5-11-33/h3-32H,1-2H3,(H3,54,55,56). The summed E-state index contributed by atoms with van der Waals surface area (Å²) in [5.74, 6) is 0.448. The summed E-state index contributed by atoms with van der Waals surface area (Å²) in [5.41, 5.74) is 22.6. The number of fused-ring (bicyclic) bond motifs is 6. The van der Waals surface area contributed by atoms with Crippen LogP contribution in [-0.4, -0.2) is 11.7 Å². The van der Waals surface area contributed by atoms with Crippen LogP contribution in [0, 0.1) is 5.41 Å². The molecule has 0 atom stereocenters. The van der Waals surface area contributed by atoms with E-state index < -0.39 is 0 Å². The van der Waals surface area contributed by atoms with Crippen LogP contribution in [0.15, 0.2) is 187 Å². The number of hydrogen-bond acceptors (Lipinski definition) is 2. The van der Waals surface area contributed by atoms with Gasteiger partial charge in [0.1, 0.15) is 5.84 Å². The van der Waals surface area contributed by atoms with Crippen molar-refractivity contribution in [1.29, 1.82) is 5.41 Å². The van der Waals surface area contributed by atoms with Gasteiger partial charge in [-0.1, -0.05) is 166 Å². The van der Waals surface area contributed by atoms with Crippen molar-refractivity contribution in [1.82, 2.24) is 0 Å². The van der Waals surface area contributed by atoms with E-state index in [1.807, 2.05) is 41.7 Å². The van der Waals surface area contributed by atoms with Crippen molar-refractivity contribution in [2.45, 2.75) is 19.3 Å². The second-order valence-electron chi connectivity index (χ2n) is 15.4. The largest absolute Gasteiger partial charge is 0.383 e. The average Bonchev–Trinajstić information content (AvgIpc) is 3.75. The van der Waals surface area contributed by atoms with Crippen LogP contribution < -0.4 is 5.73 Å². The lowest BCUT2D eigenvalue weighted by molar-refractivity contribution is 0.660. The maximum atomic E-state index is 8.93. The first-order chi connectivity index (χ1) is 27.8. The highest BCUT2D eigenvalue weighted by Crippen LogP contribution is 2.49. The molecule has 3 nitrogen and oxygen atoms in total. The predicted octanol–water partition coefficient (Wildman–Crippen LogP) is 13.8. The molecule has 1 aliphatic carbocycles. The molecule has 0 aliphatic heterocycles. The molecule has 0 spiro atoms. The number of nitrogens with two attached hydrogens (primary N) is 1. The normalized spacial score (nSPS) is 13.1. The number of amidine groups is 2. The Morgan fingerprint density at radius 1 is 0.474 bits per heavy atom. The monoisotopic (exact) mass is 749 g/mol. The summed E-state index contributed by atoms with van der Waals surface area (Å²) in [6.45, 7) is 4.59. The molecule has 0 amide bonds. The maximum absolute atomic E-state index is 8.93. The van der Waals surface area contributed by atoms with Crippen LogP contribution in [0.1, 0.15) is 36.1 Å². The van der Waals surface area contributed by atoms with E-state index in [0.717, 1.165) is 27.8 Å². The minimum absolute atomic E-state index is 0.0787. The zero-order valence-corrected chi connectivity index (χ0v) is 32.6. The average molecular weight is 750 g/mol. The highest BCUT2D eigenvalue weighted by Gasteiger charge is 2.35. The molecule has 10 rings (SSSR count). The van der Waals surface area contributed by atoms with Gasteiger partial charge < -0.3 is 5.73 Å². The van der Waals surface area contributed by atoms with Crippen LogP contribution in [0.5, 0.6) is 0 Å². The van der Waals surface area contributed by atoms with E-state index in [-0.39, 0.29) is 11.3 Å². The molecule has 1 aliphatic rings. The molecule has 1 aromatic heterocycles. The zero-order valence-electron chi connectivity index (χ0n) is 31.8. The summed E-state index contributed by atoms with van der Waals surface area (Å²) in [5, 5.41) is 11.4. The first-order valence-electron chi connectivity index (χ1n) is 19.3. The number of aliphatic imine (C=N–C) groups is 1. The maximum Gasteiger partial charge on any atom is 0.154 e. The van der Waals surface area contributed by atoms with E-state index in [4.69, 9.17) is 11.1 Å². The quantitative estimate of drug-likeness (QED) is 0.129. The molecule has 1 heterocycles. The molecule has 0 radical (unpaired) electrons. The van der Waals surface area contributed by atoms with Crippen molar-refractivity contribution < 1.29 is 0 Å². The number of benzene rings is 8. The second-order valence-corrected chi connectivity index (χ2v) is 16.5. The third-order valence-electron chi connectivity index (χ3n) is 11.6. The van der Waals surface area contributed by atoms with Crippen LogP contribution >= 0.6 is 11.3 Å². The van der Waals surface area contributed by atoms with Crippen LogP contribution in [-0.2, 0) is 5.41 Å². The third kappa shape index (κ3) is 6.06. The lowest BCUT2D eigenvalue weighted by atomic mass is 9.81. The molecule has 57 heavy (non-hydrogen) atoms. The van der Waals surface area contributed by atoms with Gasteiger partial charge in [0.2, 0.25) is 0 Å². The highest BCUT2D eigenvalue weighted by molar-refractivity contribution is 7.26. The van der Waals surface area contributed by atoms with Gasteiger partial charge in [0.15, 0.2) is 5.84 Å². The van der Waals surface area contributed by atoms with Crippen molar-refractivity contribution in [3.8, 4) is 55.6 Å². The summed E-state index contributed by atoms with van der Waals surface area (Å²) in [6, 6.07) is 64.4. The van der Waals surface area contributed by atoms with Crippen molar-refractivity contribution in [2.24, 2.45) is 10.7 Å². The number of nitrogens with one attached hydrogen (secondary N) is 1. The van der Waals surface area contributed by atoms with Crippen molar-refractivity contribution in [3.05, 3.63) is 204 Å². The molecular formula is C53H39N3S. The lowest BCUT2D eigenvalue weighted by Crippen LogP contribution is -2.16. The van der Waals surface area contributed by atoms with Crippen LogP contribution in [0.25, 0.3) is 75.8 Å². The Morgan fingerprint density at radius 3 is 1.86 bits per heavy atom. The fourth-order valence-electron chi connectivity index (χ4n) is 8.53. The van der Waals surface area contributed by atoms with Gasteiger partial charge in [-0.05, 0) is 97.1 Å². The minimum Gasteiger partial charge on any atom is -0.383 e. The Bertz CT molecular complexity index is 3040. The summed E-state index contributed by atoms with van der Waals surface area (Å²) >= 11 is 1.83. The van der Waals surface area contributed by atoms with Crippen molar-refractivity contribution >= 4 is 43.2 Å².